The third-order valence-corrected chi connectivity index (χ3v) is 6.39. The second kappa shape index (κ2) is 9.88. The van der Waals surface area contributed by atoms with Gasteiger partial charge in [-0.1, -0.05) is 67.4 Å². The van der Waals surface area contributed by atoms with E-state index in [0.29, 0.717) is 5.25 Å². The SMILES string of the molecule is CC(=C/C(=N\c1ccccc1)SC1CCCCC1)Sc1ccccc1. The Labute approximate surface area is 160 Å². The average molecular weight is 368 g/mol. The van der Waals surface area contributed by atoms with Crippen LogP contribution in [-0.2, 0) is 0 Å². The van der Waals surface area contributed by atoms with Crippen LogP contribution in [0, 0.1) is 0 Å². The lowest BCUT2D eigenvalue weighted by molar-refractivity contribution is 0.517. The van der Waals surface area contributed by atoms with Crippen LogP contribution >= 0.6 is 23.5 Å². The van der Waals surface area contributed by atoms with Crippen molar-refractivity contribution in [3.8, 4) is 0 Å². The van der Waals surface area contributed by atoms with Crippen LogP contribution in [-0.4, -0.2) is 10.3 Å². The Morgan fingerprint density at radius 3 is 2.24 bits per heavy atom. The van der Waals surface area contributed by atoms with Crippen LogP contribution in [0.15, 0.2) is 81.5 Å². The molecule has 0 bridgehead atoms. The summed E-state index contributed by atoms with van der Waals surface area (Å²) in [4.78, 5) is 7.48. The van der Waals surface area contributed by atoms with Gasteiger partial charge in [0.15, 0.2) is 0 Å². The van der Waals surface area contributed by atoms with E-state index in [1.54, 1.807) is 0 Å². The fourth-order valence-electron chi connectivity index (χ4n) is 2.95. The molecule has 1 aliphatic rings. The lowest BCUT2D eigenvalue weighted by Crippen LogP contribution is -2.10. The average Bonchev–Trinajstić information content (AvgIpc) is 2.64. The van der Waals surface area contributed by atoms with Gasteiger partial charge in [-0.05, 0) is 55.0 Å². The Hall–Kier alpha value is -1.45. The van der Waals surface area contributed by atoms with Gasteiger partial charge in [-0.15, -0.1) is 11.8 Å². The maximum atomic E-state index is 4.92. The molecule has 0 aliphatic heterocycles. The number of allylic oxidation sites excluding steroid dienone is 1. The zero-order valence-corrected chi connectivity index (χ0v) is 16.4. The maximum absolute atomic E-state index is 4.92. The summed E-state index contributed by atoms with van der Waals surface area (Å²) in [6, 6.07) is 20.9. The Kier molecular flexibility index (Phi) is 7.25. The molecule has 0 radical (unpaired) electrons. The van der Waals surface area contributed by atoms with E-state index in [0.717, 1.165) is 10.7 Å². The maximum Gasteiger partial charge on any atom is 0.0977 e. The number of aliphatic imine (C=N–C) groups is 1. The molecule has 0 atom stereocenters. The van der Waals surface area contributed by atoms with Crippen molar-refractivity contribution in [1.82, 2.24) is 0 Å². The summed E-state index contributed by atoms with van der Waals surface area (Å²) in [6.45, 7) is 2.18. The van der Waals surface area contributed by atoms with Gasteiger partial charge < -0.3 is 0 Å². The van der Waals surface area contributed by atoms with Crippen molar-refractivity contribution in [1.29, 1.82) is 0 Å². The highest BCUT2D eigenvalue weighted by Crippen LogP contribution is 2.33. The summed E-state index contributed by atoms with van der Waals surface area (Å²) in [5.41, 5.74) is 1.04. The standard InChI is InChI=1S/C22H25NS2/c1-18(24-20-13-7-3-8-14-20)17-22(23-19-11-5-2-6-12-19)25-21-15-9-4-10-16-21/h2-3,5-8,11-14,17,21H,4,9-10,15-16H2,1H3/b18-17?,23-22+. The van der Waals surface area contributed by atoms with Crippen molar-refractivity contribution < 1.29 is 0 Å². The van der Waals surface area contributed by atoms with Crippen LogP contribution in [0.4, 0.5) is 5.69 Å². The zero-order valence-electron chi connectivity index (χ0n) is 14.7. The fraction of sp³-hybridized carbons (Fsp3) is 0.318. The van der Waals surface area contributed by atoms with Gasteiger partial charge in [0.25, 0.3) is 0 Å². The number of hydrogen-bond acceptors (Lipinski definition) is 3. The molecule has 3 heteroatoms. The van der Waals surface area contributed by atoms with Crippen LogP contribution in [0.3, 0.4) is 0 Å². The molecule has 1 saturated carbocycles. The predicted octanol–water partition coefficient (Wildman–Crippen LogP) is 7.48. The van der Waals surface area contributed by atoms with Gasteiger partial charge in [-0.3, -0.25) is 0 Å². The highest BCUT2D eigenvalue weighted by molar-refractivity contribution is 8.15. The molecule has 0 N–H and O–H groups in total. The van der Waals surface area contributed by atoms with E-state index >= 15 is 0 Å². The summed E-state index contributed by atoms with van der Waals surface area (Å²) in [5.74, 6) is 0. The first-order chi connectivity index (χ1) is 12.3. The van der Waals surface area contributed by atoms with Gasteiger partial charge in [-0.2, -0.15) is 0 Å². The van der Waals surface area contributed by atoms with Crippen LogP contribution in [0.25, 0.3) is 0 Å². The highest BCUT2D eigenvalue weighted by Gasteiger charge is 2.16. The summed E-state index contributed by atoms with van der Waals surface area (Å²) < 4.78 is 0. The molecule has 3 rings (SSSR count). The monoisotopic (exact) mass is 367 g/mol. The minimum atomic E-state index is 0.710. The van der Waals surface area contributed by atoms with Gasteiger partial charge in [-0.25, -0.2) is 4.99 Å². The van der Waals surface area contributed by atoms with Gasteiger partial charge >= 0.3 is 0 Å². The smallest absolute Gasteiger partial charge is 0.0977 e. The van der Waals surface area contributed by atoms with Gasteiger partial charge in [0, 0.05) is 10.1 Å². The second-order valence-electron chi connectivity index (χ2n) is 6.33. The number of hydrogen-bond donors (Lipinski definition) is 0. The predicted molar refractivity (Wildman–Crippen MR) is 114 cm³/mol. The first-order valence-electron chi connectivity index (χ1n) is 9.01. The fourth-order valence-corrected chi connectivity index (χ4v) is 5.18. The molecule has 1 fully saturated rings. The summed E-state index contributed by atoms with van der Waals surface area (Å²) in [6.07, 6.45) is 8.99. The Morgan fingerprint density at radius 2 is 1.56 bits per heavy atom. The lowest BCUT2D eigenvalue weighted by atomic mass is 10.0. The molecule has 1 nitrogen and oxygen atoms in total. The van der Waals surface area contributed by atoms with Crippen molar-refractivity contribution in [2.45, 2.75) is 49.2 Å². The van der Waals surface area contributed by atoms with E-state index in [-0.39, 0.29) is 0 Å². The Balaban J connectivity index is 1.77. The molecule has 130 valence electrons. The molecule has 0 spiro atoms. The number of para-hydroxylation sites is 1. The molecule has 2 aromatic rings. The molecular weight excluding hydrogens is 342 g/mol. The van der Waals surface area contributed by atoms with Crippen LogP contribution in [0.2, 0.25) is 0 Å². The van der Waals surface area contributed by atoms with E-state index in [2.05, 4.69) is 67.6 Å². The molecule has 0 aromatic heterocycles. The number of rotatable bonds is 5. The summed E-state index contributed by atoms with van der Waals surface area (Å²) in [5, 5.41) is 1.85. The Morgan fingerprint density at radius 1 is 0.920 bits per heavy atom. The summed E-state index contributed by atoms with van der Waals surface area (Å²) >= 11 is 3.77. The van der Waals surface area contributed by atoms with E-state index in [9.17, 15) is 0 Å². The van der Waals surface area contributed by atoms with Crippen molar-refractivity contribution in [3.63, 3.8) is 0 Å². The lowest BCUT2D eigenvalue weighted by Gasteiger charge is -2.21. The van der Waals surface area contributed by atoms with Crippen LogP contribution in [0.5, 0.6) is 0 Å². The number of benzene rings is 2. The zero-order chi connectivity index (χ0) is 17.3. The van der Waals surface area contributed by atoms with E-state index < -0.39 is 0 Å². The third kappa shape index (κ3) is 6.41. The highest BCUT2D eigenvalue weighted by atomic mass is 32.2. The van der Waals surface area contributed by atoms with Gasteiger partial charge in [0.05, 0.1) is 10.7 Å². The van der Waals surface area contributed by atoms with Gasteiger partial charge in [0.1, 0.15) is 0 Å². The minimum Gasteiger partial charge on any atom is -0.242 e. The topological polar surface area (TPSA) is 12.4 Å². The third-order valence-electron chi connectivity index (χ3n) is 4.18. The molecular formula is C22H25NS2. The molecule has 0 unspecified atom stereocenters. The second-order valence-corrected chi connectivity index (χ2v) is 8.97. The first-order valence-corrected chi connectivity index (χ1v) is 10.7. The molecule has 0 amide bonds. The minimum absolute atomic E-state index is 0.710. The van der Waals surface area contributed by atoms with Crippen LogP contribution in [0.1, 0.15) is 39.0 Å². The molecule has 2 aromatic carbocycles. The molecule has 1 aliphatic carbocycles. The van der Waals surface area contributed by atoms with E-state index in [1.807, 2.05) is 29.6 Å². The van der Waals surface area contributed by atoms with E-state index in [1.165, 1.54) is 41.9 Å². The number of nitrogens with zero attached hydrogens (tertiary/aromatic N) is 1. The quantitative estimate of drug-likeness (QED) is 0.308. The Bertz CT molecular complexity index is 701. The van der Waals surface area contributed by atoms with Crippen molar-refractivity contribution >= 4 is 34.3 Å². The van der Waals surface area contributed by atoms with Crippen molar-refractivity contribution in [2.24, 2.45) is 4.99 Å². The van der Waals surface area contributed by atoms with Gasteiger partial charge in [0.2, 0.25) is 0 Å². The van der Waals surface area contributed by atoms with Crippen LogP contribution < -0.4 is 0 Å². The van der Waals surface area contributed by atoms with Crippen molar-refractivity contribution in [3.05, 3.63) is 71.6 Å². The molecule has 0 heterocycles. The molecule has 25 heavy (non-hydrogen) atoms. The largest absolute Gasteiger partial charge is 0.242 e. The molecule has 0 saturated heterocycles. The first kappa shape index (κ1) is 18.3. The van der Waals surface area contributed by atoms with Crippen molar-refractivity contribution in [2.75, 3.05) is 0 Å². The summed E-state index contributed by atoms with van der Waals surface area (Å²) in [7, 11) is 0. The normalized spacial score (nSPS) is 16.8. The van der Waals surface area contributed by atoms with E-state index in [4.69, 9.17) is 4.99 Å². The number of thioether (sulfide) groups is 2.